The SMILES string of the molecule is O=C1N/C(=C/c2cc(Cl)c(OCc3ccc([N+](=O)[O-])cc3)c(Br)c2)C(=O)N1c1ccccc1. The summed E-state index contributed by atoms with van der Waals surface area (Å²) in [4.78, 5) is 36.4. The lowest BCUT2D eigenvalue weighted by Gasteiger charge is -2.12. The van der Waals surface area contributed by atoms with Crippen LogP contribution in [0.15, 0.2) is 76.9 Å². The number of nitrogens with one attached hydrogen (secondary N) is 1. The van der Waals surface area contributed by atoms with Gasteiger partial charge < -0.3 is 10.1 Å². The van der Waals surface area contributed by atoms with E-state index in [9.17, 15) is 19.7 Å². The Hall–Kier alpha value is -3.69. The molecule has 1 saturated heterocycles. The van der Waals surface area contributed by atoms with Gasteiger partial charge in [-0.25, -0.2) is 9.69 Å². The maximum atomic E-state index is 12.7. The number of ether oxygens (including phenoxy) is 1. The highest BCUT2D eigenvalue weighted by atomic mass is 79.9. The van der Waals surface area contributed by atoms with Crippen LogP contribution >= 0.6 is 27.5 Å². The van der Waals surface area contributed by atoms with Crippen molar-refractivity contribution in [3.63, 3.8) is 0 Å². The highest BCUT2D eigenvalue weighted by Crippen LogP contribution is 2.36. The van der Waals surface area contributed by atoms with Gasteiger partial charge in [-0.05, 0) is 69.5 Å². The number of hydrogen-bond donors (Lipinski definition) is 1. The van der Waals surface area contributed by atoms with Crippen molar-refractivity contribution in [3.05, 3.63) is 103 Å². The number of amides is 3. The largest absolute Gasteiger partial charge is 0.486 e. The third-order valence-corrected chi connectivity index (χ3v) is 5.62. The molecule has 0 radical (unpaired) electrons. The Kier molecular flexibility index (Phi) is 6.43. The second-order valence-electron chi connectivity index (χ2n) is 6.99. The molecule has 1 fully saturated rings. The maximum absolute atomic E-state index is 12.7. The zero-order chi connectivity index (χ0) is 23.5. The third-order valence-electron chi connectivity index (χ3n) is 4.75. The van der Waals surface area contributed by atoms with Gasteiger partial charge >= 0.3 is 6.03 Å². The van der Waals surface area contributed by atoms with E-state index >= 15 is 0 Å². The summed E-state index contributed by atoms with van der Waals surface area (Å²) in [7, 11) is 0. The fraction of sp³-hybridized carbons (Fsp3) is 0.0435. The lowest BCUT2D eigenvalue weighted by molar-refractivity contribution is -0.384. The molecule has 33 heavy (non-hydrogen) atoms. The normalized spacial score (nSPS) is 14.5. The third kappa shape index (κ3) is 4.89. The molecule has 0 spiro atoms. The van der Waals surface area contributed by atoms with Gasteiger partial charge in [-0.1, -0.05) is 29.8 Å². The molecule has 0 saturated carbocycles. The predicted octanol–water partition coefficient (Wildman–Crippen LogP) is 5.69. The van der Waals surface area contributed by atoms with Crippen molar-refractivity contribution in [1.29, 1.82) is 0 Å². The van der Waals surface area contributed by atoms with Gasteiger partial charge in [0, 0.05) is 12.1 Å². The summed E-state index contributed by atoms with van der Waals surface area (Å²) < 4.78 is 6.32. The lowest BCUT2D eigenvalue weighted by Crippen LogP contribution is -2.30. The number of imide groups is 1. The van der Waals surface area contributed by atoms with Crippen LogP contribution in [0, 0.1) is 10.1 Å². The van der Waals surface area contributed by atoms with E-state index in [1.54, 1.807) is 54.6 Å². The number of para-hydroxylation sites is 1. The molecular formula is C23H15BrClN3O5. The molecule has 166 valence electrons. The molecule has 1 aliphatic heterocycles. The molecule has 1 N–H and O–H groups in total. The predicted molar refractivity (Wildman–Crippen MR) is 127 cm³/mol. The summed E-state index contributed by atoms with van der Waals surface area (Å²) in [5.41, 5.74) is 1.89. The Morgan fingerprint density at radius 2 is 1.79 bits per heavy atom. The summed E-state index contributed by atoms with van der Waals surface area (Å²) in [5, 5.41) is 13.6. The van der Waals surface area contributed by atoms with E-state index in [0.717, 1.165) is 10.5 Å². The van der Waals surface area contributed by atoms with Crippen molar-refractivity contribution >= 4 is 56.9 Å². The lowest BCUT2D eigenvalue weighted by atomic mass is 10.1. The molecule has 3 amide bonds. The molecule has 8 nitrogen and oxygen atoms in total. The summed E-state index contributed by atoms with van der Waals surface area (Å²) in [6.07, 6.45) is 1.53. The van der Waals surface area contributed by atoms with Crippen LogP contribution in [0.5, 0.6) is 5.75 Å². The van der Waals surface area contributed by atoms with Crippen molar-refractivity contribution in [2.24, 2.45) is 0 Å². The number of urea groups is 1. The highest BCUT2D eigenvalue weighted by Gasteiger charge is 2.34. The molecule has 1 aliphatic rings. The molecule has 10 heteroatoms. The first-order valence-electron chi connectivity index (χ1n) is 9.61. The van der Waals surface area contributed by atoms with Gasteiger partial charge in [0.15, 0.2) is 5.75 Å². The van der Waals surface area contributed by atoms with Crippen LogP contribution in [0.3, 0.4) is 0 Å². The average Bonchev–Trinajstić information content (AvgIpc) is 3.06. The van der Waals surface area contributed by atoms with Crippen molar-refractivity contribution in [3.8, 4) is 5.75 Å². The van der Waals surface area contributed by atoms with E-state index in [0.29, 0.717) is 21.5 Å². The molecule has 4 rings (SSSR count). The van der Waals surface area contributed by atoms with Gasteiger partial charge in [0.25, 0.3) is 11.6 Å². The quantitative estimate of drug-likeness (QED) is 0.192. The van der Waals surface area contributed by atoms with Crippen molar-refractivity contribution in [1.82, 2.24) is 5.32 Å². The number of nitro groups is 1. The number of nitro benzene ring substituents is 1. The number of nitrogens with zero attached hydrogens (tertiary/aromatic N) is 2. The van der Waals surface area contributed by atoms with Gasteiger partial charge in [-0.15, -0.1) is 0 Å². The van der Waals surface area contributed by atoms with E-state index in [4.69, 9.17) is 16.3 Å². The monoisotopic (exact) mass is 527 g/mol. The van der Waals surface area contributed by atoms with Crippen LogP contribution in [0.25, 0.3) is 6.08 Å². The number of anilines is 1. The zero-order valence-corrected chi connectivity index (χ0v) is 19.2. The second-order valence-corrected chi connectivity index (χ2v) is 8.25. The molecule has 3 aromatic rings. The summed E-state index contributed by atoms with van der Waals surface area (Å²) >= 11 is 9.80. The van der Waals surface area contributed by atoms with Crippen LogP contribution in [-0.2, 0) is 11.4 Å². The number of hydrogen-bond acceptors (Lipinski definition) is 5. The number of carbonyl (C=O) groups is 2. The first-order valence-corrected chi connectivity index (χ1v) is 10.8. The van der Waals surface area contributed by atoms with Crippen molar-refractivity contribution in [2.75, 3.05) is 4.90 Å². The van der Waals surface area contributed by atoms with Gasteiger partial charge in [0.1, 0.15) is 12.3 Å². The Balaban J connectivity index is 1.51. The number of non-ortho nitro benzene ring substituents is 1. The van der Waals surface area contributed by atoms with E-state index in [-0.39, 0.29) is 23.0 Å². The average molecular weight is 529 g/mol. The zero-order valence-electron chi connectivity index (χ0n) is 16.8. The summed E-state index contributed by atoms with van der Waals surface area (Å²) in [6, 6.07) is 17.4. The minimum atomic E-state index is -0.536. The standard InChI is InChI=1S/C23H15BrClN3O5/c24-18-10-15(12-20-22(29)27(23(30)26-20)16-4-2-1-3-5-16)11-19(25)21(18)33-13-14-6-8-17(9-7-14)28(31)32/h1-12H,13H2,(H,26,30)/b20-12+. The topological polar surface area (TPSA) is 102 Å². The van der Waals surface area contributed by atoms with Gasteiger partial charge in [-0.3, -0.25) is 14.9 Å². The Bertz CT molecular complexity index is 1260. The first kappa shape index (κ1) is 22.5. The second kappa shape index (κ2) is 9.43. The van der Waals surface area contributed by atoms with E-state index in [2.05, 4.69) is 21.2 Å². The van der Waals surface area contributed by atoms with Gasteiger partial charge in [-0.2, -0.15) is 0 Å². The van der Waals surface area contributed by atoms with E-state index < -0.39 is 16.9 Å². The Morgan fingerprint density at radius 3 is 2.42 bits per heavy atom. The molecule has 0 aliphatic carbocycles. The summed E-state index contributed by atoms with van der Waals surface area (Å²) in [5.74, 6) is -0.0955. The van der Waals surface area contributed by atoms with Crippen LogP contribution in [0.4, 0.5) is 16.2 Å². The van der Waals surface area contributed by atoms with Crippen LogP contribution in [0.1, 0.15) is 11.1 Å². The maximum Gasteiger partial charge on any atom is 0.333 e. The smallest absolute Gasteiger partial charge is 0.333 e. The van der Waals surface area contributed by atoms with Gasteiger partial charge in [0.05, 0.1) is 20.1 Å². The van der Waals surface area contributed by atoms with E-state index in [1.165, 1.54) is 18.2 Å². The number of rotatable bonds is 6. The molecule has 0 atom stereocenters. The van der Waals surface area contributed by atoms with Crippen LogP contribution in [0.2, 0.25) is 5.02 Å². The number of benzene rings is 3. The number of carbonyl (C=O) groups excluding carboxylic acids is 2. The molecule has 0 aromatic heterocycles. The Labute approximate surface area is 201 Å². The van der Waals surface area contributed by atoms with Crippen molar-refractivity contribution < 1.29 is 19.2 Å². The molecule has 0 unspecified atom stereocenters. The first-order chi connectivity index (χ1) is 15.8. The fourth-order valence-electron chi connectivity index (χ4n) is 3.18. The van der Waals surface area contributed by atoms with Crippen molar-refractivity contribution in [2.45, 2.75) is 6.61 Å². The fourth-order valence-corrected chi connectivity index (χ4v) is 4.17. The number of halogens is 2. The van der Waals surface area contributed by atoms with E-state index in [1.807, 2.05) is 0 Å². The molecule has 0 bridgehead atoms. The minimum Gasteiger partial charge on any atom is -0.486 e. The Morgan fingerprint density at radius 1 is 1.09 bits per heavy atom. The van der Waals surface area contributed by atoms with Gasteiger partial charge in [0.2, 0.25) is 0 Å². The minimum absolute atomic E-state index is 0.00488. The molecule has 3 aromatic carbocycles. The molecular weight excluding hydrogens is 514 g/mol. The molecule has 1 heterocycles. The van der Waals surface area contributed by atoms with Crippen LogP contribution < -0.4 is 15.0 Å². The highest BCUT2D eigenvalue weighted by molar-refractivity contribution is 9.10. The summed E-state index contributed by atoms with van der Waals surface area (Å²) in [6.45, 7) is 0.150. The van der Waals surface area contributed by atoms with Crippen LogP contribution in [-0.4, -0.2) is 16.9 Å².